The maximum absolute atomic E-state index is 12.2. The first-order valence-corrected chi connectivity index (χ1v) is 7.19. The molecule has 2 aromatic rings. The molecule has 0 saturated heterocycles. The topological polar surface area (TPSA) is 110 Å². The Kier molecular flexibility index (Phi) is 3.27. The summed E-state index contributed by atoms with van der Waals surface area (Å²) in [5.41, 5.74) is -2.02. The fourth-order valence-corrected chi connectivity index (χ4v) is 3.04. The zero-order valence-electron chi connectivity index (χ0n) is 11.1. The predicted molar refractivity (Wildman–Crippen MR) is 78.9 cm³/mol. The largest absolute Gasteiger partial charge is 0.375 e. The molecule has 1 amide bonds. The Balaban J connectivity index is 2.00. The Morgan fingerprint density at radius 3 is 2.82 bits per heavy atom. The van der Waals surface area contributed by atoms with Crippen molar-refractivity contribution >= 4 is 34.4 Å². The Morgan fingerprint density at radius 2 is 2.18 bits per heavy atom. The van der Waals surface area contributed by atoms with Gasteiger partial charge in [0.25, 0.3) is 11.6 Å². The third-order valence-electron chi connectivity index (χ3n) is 3.50. The van der Waals surface area contributed by atoms with Gasteiger partial charge in [0.2, 0.25) is 0 Å². The van der Waals surface area contributed by atoms with E-state index in [2.05, 4.69) is 5.32 Å². The number of anilines is 1. The molecular formula is C14H10N2O5S. The third kappa shape index (κ3) is 2.18. The molecule has 7 nitrogen and oxygen atoms in total. The number of carbonyl (C=O) groups excluding carboxylic acids is 2. The highest BCUT2D eigenvalue weighted by molar-refractivity contribution is 7.12. The van der Waals surface area contributed by atoms with Gasteiger partial charge in [-0.25, -0.2) is 0 Å². The average Bonchev–Trinajstić information content (AvgIpc) is 3.07. The van der Waals surface area contributed by atoms with Crippen molar-refractivity contribution in [2.45, 2.75) is 12.0 Å². The van der Waals surface area contributed by atoms with E-state index in [9.17, 15) is 24.8 Å². The summed E-state index contributed by atoms with van der Waals surface area (Å²) in [5.74, 6) is -1.15. The number of hydrogen-bond acceptors (Lipinski definition) is 6. The van der Waals surface area contributed by atoms with Gasteiger partial charge in [-0.2, -0.15) is 0 Å². The second-order valence-corrected chi connectivity index (χ2v) is 5.83. The van der Waals surface area contributed by atoms with Crippen LogP contribution in [-0.4, -0.2) is 21.7 Å². The molecule has 0 saturated carbocycles. The number of fused-ring (bicyclic) bond motifs is 1. The van der Waals surface area contributed by atoms with Crippen molar-refractivity contribution in [3.8, 4) is 0 Å². The lowest BCUT2D eigenvalue weighted by Gasteiger charge is -2.19. The summed E-state index contributed by atoms with van der Waals surface area (Å²) in [6.45, 7) is 0. The molecule has 22 heavy (non-hydrogen) atoms. The van der Waals surface area contributed by atoms with Gasteiger partial charge < -0.3 is 10.4 Å². The molecule has 0 fully saturated rings. The second kappa shape index (κ2) is 5.00. The van der Waals surface area contributed by atoms with Gasteiger partial charge in [-0.3, -0.25) is 19.7 Å². The molecule has 1 aromatic heterocycles. The van der Waals surface area contributed by atoms with E-state index in [4.69, 9.17) is 0 Å². The Hall–Kier alpha value is -2.58. The number of nitro benzene ring substituents is 1. The number of amides is 1. The third-order valence-corrected chi connectivity index (χ3v) is 4.41. The maximum atomic E-state index is 12.2. The number of hydrogen-bond donors (Lipinski definition) is 2. The fourth-order valence-electron chi connectivity index (χ4n) is 2.38. The minimum atomic E-state index is -2.09. The van der Waals surface area contributed by atoms with Crippen molar-refractivity contribution in [1.82, 2.24) is 0 Å². The lowest BCUT2D eigenvalue weighted by Crippen LogP contribution is -2.36. The number of nitro groups is 1. The molecule has 0 radical (unpaired) electrons. The molecular weight excluding hydrogens is 308 g/mol. The van der Waals surface area contributed by atoms with E-state index in [1.54, 1.807) is 17.5 Å². The standard InChI is InChI=1S/C14H10N2O5S/c17-11(12-2-1-5-22-12)7-14(19)9-6-8(16(20)21)3-4-10(9)15-13(14)18/h1-6,19H,7H2,(H,15,18)/t14-/m1/s1. The lowest BCUT2D eigenvalue weighted by atomic mass is 9.89. The van der Waals surface area contributed by atoms with Gasteiger partial charge in [0.15, 0.2) is 11.4 Å². The summed E-state index contributed by atoms with van der Waals surface area (Å²) in [5, 5.41) is 25.6. The maximum Gasteiger partial charge on any atom is 0.269 e. The number of ketones is 1. The molecule has 8 heteroatoms. The van der Waals surface area contributed by atoms with E-state index in [-0.39, 0.29) is 16.9 Å². The Bertz CT molecular complexity index is 787. The second-order valence-electron chi connectivity index (χ2n) is 4.88. The first-order chi connectivity index (χ1) is 10.4. The zero-order chi connectivity index (χ0) is 15.9. The van der Waals surface area contributed by atoms with Gasteiger partial charge in [0.1, 0.15) is 0 Å². The summed E-state index contributed by atoms with van der Waals surface area (Å²) < 4.78 is 0. The van der Waals surface area contributed by atoms with Gasteiger partial charge in [-0.1, -0.05) is 6.07 Å². The number of carbonyl (C=O) groups is 2. The SMILES string of the molecule is O=C(C[C@]1(O)C(=O)Nc2ccc([N+](=O)[O-])cc21)c1cccs1. The lowest BCUT2D eigenvalue weighted by molar-refractivity contribution is -0.385. The average molecular weight is 318 g/mol. The minimum Gasteiger partial charge on any atom is -0.375 e. The van der Waals surface area contributed by atoms with E-state index in [1.807, 2.05) is 0 Å². The van der Waals surface area contributed by atoms with E-state index >= 15 is 0 Å². The molecule has 1 atom stereocenters. The number of rotatable bonds is 4. The first-order valence-electron chi connectivity index (χ1n) is 6.31. The molecule has 2 N–H and O–H groups in total. The predicted octanol–water partition coefficient (Wildman–Crippen LogP) is 2.07. The quantitative estimate of drug-likeness (QED) is 0.509. The van der Waals surface area contributed by atoms with Crippen LogP contribution in [0, 0.1) is 10.1 Å². The molecule has 1 aliphatic rings. The van der Waals surface area contributed by atoms with Crippen LogP contribution in [0.2, 0.25) is 0 Å². The van der Waals surface area contributed by atoms with E-state index < -0.39 is 28.6 Å². The van der Waals surface area contributed by atoms with Crippen LogP contribution in [-0.2, 0) is 10.4 Å². The first kappa shape index (κ1) is 14.4. The molecule has 0 unspecified atom stereocenters. The van der Waals surface area contributed by atoms with Crippen molar-refractivity contribution < 1.29 is 19.6 Å². The number of nitrogens with zero attached hydrogens (tertiary/aromatic N) is 1. The van der Waals surface area contributed by atoms with Crippen molar-refractivity contribution in [1.29, 1.82) is 0 Å². The summed E-state index contributed by atoms with van der Waals surface area (Å²) in [6, 6.07) is 6.98. The smallest absolute Gasteiger partial charge is 0.269 e. The molecule has 2 heterocycles. The van der Waals surface area contributed by atoms with Crippen LogP contribution in [0.5, 0.6) is 0 Å². The minimum absolute atomic E-state index is 0.0524. The summed E-state index contributed by atoms with van der Waals surface area (Å²) in [7, 11) is 0. The number of thiophene rings is 1. The van der Waals surface area contributed by atoms with E-state index in [0.29, 0.717) is 4.88 Å². The number of non-ortho nitro benzene ring substituents is 1. The van der Waals surface area contributed by atoms with Gasteiger partial charge >= 0.3 is 0 Å². The Morgan fingerprint density at radius 1 is 1.41 bits per heavy atom. The number of benzene rings is 1. The molecule has 3 rings (SSSR count). The number of nitrogens with one attached hydrogen (secondary N) is 1. The van der Waals surface area contributed by atoms with E-state index in [0.717, 1.165) is 6.07 Å². The normalized spacial score (nSPS) is 19.6. The Labute approximate surface area is 128 Å². The molecule has 1 aliphatic heterocycles. The zero-order valence-corrected chi connectivity index (χ0v) is 11.9. The van der Waals surface area contributed by atoms with Crippen LogP contribution in [0.15, 0.2) is 35.7 Å². The van der Waals surface area contributed by atoms with Crippen molar-refractivity contribution in [3.63, 3.8) is 0 Å². The van der Waals surface area contributed by atoms with E-state index in [1.165, 1.54) is 23.5 Å². The summed E-state index contributed by atoms with van der Waals surface area (Å²) >= 11 is 1.20. The number of aliphatic hydroxyl groups is 1. The van der Waals surface area contributed by atoms with Crippen LogP contribution in [0.4, 0.5) is 11.4 Å². The van der Waals surface area contributed by atoms with Crippen LogP contribution in [0.1, 0.15) is 21.7 Å². The highest BCUT2D eigenvalue weighted by Gasteiger charge is 2.47. The van der Waals surface area contributed by atoms with Crippen LogP contribution in [0.3, 0.4) is 0 Å². The fraction of sp³-hybridized carbons (Fsp3) is 0.143. The van der Waals surface area contributed by atoms with Crippen molar-refractivity contribution in [2.24, 2.45) is 0 Å². The van der Waals surface area contributed by atoms with Gasteiger partial charge in [-0.15, -0.1) is 11.3 Å². The van der Waals surface area contributed by atoms with Crippen molar-refractivity contribution in [3.05, 3.63) is 56.3 Å². The molecule has 0 aliphatic carbocycles. The van der Waals surface area contributed by atoms with Crippen LogP contribution < -0.4 is 5.32 Å². The molecule has 0 bridgehead atoms. The van der Waals surface area contributed by atoms with Crippen LogP contribution >= 0.6 is 11.3 Å². The van der Waals surface area contributed by atoms with Gasteiger partial charge in [0.05, 0.1) is 16.2 Å². The highest BCUT2D eigenvalue weighted by atomic mass is 32.1. The summed E-state index contributed by atoms with van der Waals surface area (Å²) in [6.07, 6.45) is -0.465. The van der Waals surface area contributed by atoms with Crippen molar-refractivity contribution in [2.75, 3.05) is 5.32 Å². The monoisotopic (exact) mass is 318 g/mol. The summed E-state index contributed by atoms with van der Waals surface area (Å²) in [4.78, 5) is 34.9. The molecule has 1 aromatic carbocycles. The van der Waals surface area contributed by atoms with Gasteiger partial charge in [0, 0.05) is 23.4 Å². The molecule has 112 valence electrons. The highest BCUT2D eigenvalue weighted by Crippen LogP contribution is 2.41. The molecule has 0 spiro atoms. The van der Waals surface area contributed by atoms with Gasteiger partial charge in [-0.05, 0) is 17.5 Å². The number of Topliss-reactive ketones (excluding diaryl/α,β-unsaturated/α-hetero) is 1. The van der Waals surface area contributed by atoms with Crippen LogP contribution in [0.25, 0.3) is 0 Å².